The van der Waals surface area contributed by atoms with Gasteiger partial charge in [-0.25, -0.2) is 0 Å². The lowest BCUT2D eigenvalue weighted by Gasteiger charge is -1.90. The molecule has 0 aromatic carbocycles. The summed E-state index contributed by atoms with van der Waals surface area (Å²) >= 11 is 1.35. The van der Waals surface area contributed by atoms with Crippen molar-refractivity contribution in [2.45, 2.75) is 6.92 Å². The van der Waals surface area contributed by atoms with Crippen LogP contribution >= 0.6 is 11.5 Å². The predicted octanol–water partition coefficient (Wildman–Crippen LogP) is 1.36. The molecule has 0 bridgehead atoms. The minimum Gasteiger partial charge on any atom is -0.371 e. The molecule has 0 spiro atoms. The van der Waals surface area contributed by atoms with E-state index in [9.17, 15) is 0 Å². The largest absolute Gasteiger partial charge is 0.371 e. The summed E-state index contributed by atoms with van der Waals surface area (Å²) in [5.74, 6) is 0.685. The standard InChI is InChI=1S/C6H7N3S/c1-4-5(3-7)6(8-2)9-10-4/h1-2H3,(H,8,9). The molecule has 0 radical (unpaired) electrons. The first-order valence-electron chi connectivity index (χ1n) is 2.83. The lowest BCUT2D eigenvalue weighted by Crippen LogP contribution is -1.89. The Labute approximate surface area is 63.5 Å². The zero-order chi connectivity index (χ0) is 7.56. The first-order valence-corrected chi connectivity index (χ1v) is 3.61. The van der Waals surface area contributed by atoms with Crippen molar-refractivity contribution in [3.63, 3.8) is 0 Å². The highest BCUT2D eigenvalue weighted by Crippen LogP contribution is 2.20. The maximum Gasteiger partial charge on any atom is 0.157 e. The van der Waals surface area contributed by atoms with E-state index in [1.54, 1.807) is 7.05 Å². The van der Waals surface area contributed by atoms with Gasteiger partial charge in [0.05, 0.1) is 0 Å². The van der Waals surface area contributed by atoms with Crippen LogP contribution in [0.3, 0.4) is 0 Å². The molecule has 0 unspecified atom stereocenters. The third-order valence-corrected chi connectivity index (χ3v) is 1.96. The molecule has 0 saturated carbocycles. The average Bonchev–Trinajstić information content (AvgIpc) is 2.30. The quantitative estimate of drug-likeness (QED) is 0.662. The summed E-state index contributed by atoms with van der Waals surface area (Å²) in [6.45, 7) is 1.89. The highest BCUT2D eigenvalue weighted by molar-refractivity contribution is 7.06. The second-order valence-corrected chi connectivity index (χ2v) is 2.80. The highest BCUT2D eigenvalue weighted by atomic mass is 32.1. The maximum absolute atomic E-state index is 8.60. The summed E-state index contributed by atoms with van der Waals surface area (Å²) in [6, 6.07) is 2.08. The Hall–Kier alpha value is -1.08. The maximum atomic E-state index is 8.60. The lowest BCUT2D eigenvalue weighted by molar-refractivity contribution is 1.38. The number of aryl methyl sites for hydroxylation is 1. The second kappa shape index (κ2) is 2.67. The molecule has 1 aromatic rings. The number of hydrogen-bond donors (Lipinski definition) is 1. The fraction of sp³-hybridized carbons (Fsp3) is 0.333. The fourth-order valence-corrected chi connectivity index (χ4v) is 1.32. The van der Waals surface area contributed by atoms with Crippen LogP contribution in [0.15, 0.2) is 0 Å². The van der Waals surface area contributed by atoms with Gasteiger partial charge in [0.2, 0.25) is 0 Å². The number of nitriles is 1. The van der Waals surface area contributed by atoms with Gasteiger partial charge in [-0.3, -0.25) is 0 Å². The average molecular weight is 153 g/mol. The van der Waals surface area contributed by atoms with Crippen LogP contribution in [-0.2, 0) is 0 Å². The van der Waals surface area contributed by atoms with E-state index in [0.29, 0.717) is 11.4 Å². The molecule has 3 nitrogen and oxygen atoms in total. The van der Waals surface area contributed by atoms with Crippen LogP contribution in [0.1, 0.15) is 10.4 Å². The van der Waals surface area contributed by atoms with E-state index in [4.69, 9.17) is 5.26 Å². The fourth-order valence-electron chi connectivity index (χ4n) is 0.674. The summed E-state index contributed by atoms with van der Waals surface area (Å²) in [7, 11) is 1.76. The van der Waals surface area contributed by atoms with Crippen molar-refractivity contribution in [2.75, 3.05) is 12.4 Å². The van der Waals surface area contributed by atoms with E-state index in [1.165, 1.54) is 11.5 Å². The Morgan fingerprint density at radius 2 is 2.40 bits per heavy atom. The van der Waals surface area contributed by atoms with E-state index in [2.05, 4.69) is 15.8 Å². The number of nitrogens with one attached hydrogen (secondary N) is 1. The van der Waals surface area contributed by atoms with Crippen molar-refractivity contribution in [1.29, 1.82) is 5.26 Å². The van der Waals surface area contributed by atoms with Crippen LogP contribution in [0.2, 0.25) is 0 Å². The van der Waals surface area contributed by atoms with Gasteiger partial charge in [0.15, 0.2) is 5.82 Å². The number of nitrogens with zero attached hydrogens (tertiary/aromatic N) is 2. The Morgan fingerprint density at radius 1 is 1.70 bits per heavy atom. The molecule has 52 valence electrons. The third-order valence-electron chi connectivity index (χ3n) is 1.21. The minimum atomic E-state index is 0.660. The second-order valence-electron chi connectivity index (χ2n) is 1.82. The van der Waals surface area contributed by atoms with E-state index < -0.39 is 0 Å². The Bertz CT molecular complexity index is 271. The molecule has 0 saturated heterocycles. The molecular formula is C6H7N3S. The normalized spacial score (nSPS) is 8.90. The van der Waals surface area contributed by atoms with Crippen LogP contribution in [0.5, 0.6) is 0 Å². The number of aromatic nitrogens is 1. The summed E-state index contributed by atoms with van der Waals surface area (Å²) in [4.78, 5) is 0.965. The summed E-state index contributed by atoms with van der Waals surface area (Å²) < 4.78 is 4.01. The van der Waals surface area contributed by atoms with Crippen LogP contribution in [0, 0.1) is 18.3 Å². The first kappa shape index (κ1) is 7.03. The molecule has 4 heteroatoms. The van der Waals surface area contributed by atoms with Gasteiger partial charge in [0.1, 0.15) is 11.6 Å². The smallest absolute Gasteiger partial charge is 0.157 e. The summed E-state index contributed by atoms with van der Waals surface area (Å²) in [5.41, 5.74) is 0.660. The molecule has 0 atom stereocenters. The molecule has 0 aliphatic carbocycles. The van der Waals surface area contributed by atoms with E-state index in [0.717, 1.165) is 4.88 Å². The first-order chi connectivity index (χ1) is 4.79. The monoisotopic (exact) mass is 153 g/mol. The lowest BCUT2D eigenvalue weighted by atomic mass is 10.3. The van der Waals surface area contributed by atoms with Gasteiger partial charge in [-0.1, -0.05) is 0 Å². The topological polar surface area (TPSA) is 48.7 Å². The number of anilines is 1. The van der Waals surface area contributed by atoms with Gasteiger partial charge in [-0.2, -0.15) is 9.64 Å². The van der Waals surface area contributed by atoms with E-state index in [-0.39, 0.29) is 0 Å². The molecule has 1 N–H and O–H groups in total. The van der Waals surface area contributed by atoms with Crippen LogP contribution in [0.25, 0.3) is 0 Å². The molecule has 0 fully saturated rings. The number of hydrogen-bond acceptors (Lipinski definition) is 4. The molecule has 1 aromatic heterocycles. The number of rotatable bonds is 1. The van der Waals surface area contributed by atoms with Crippen LogP contribution in [0.4, 0.5) is 5.82 Å². The van der Waals surface area contributed by atoms with Crippen molar-refractivity contribution >= 4 is 17.4 Å². The van der Waals surface area contributed by atoms with Gasteiger partial charge >= 0.3 is 0 Å². The minimum absolute atomic E-state index is 0.660. The SMILES string of the molecule is CNc1nsc(C)c1C#N. The van der Waals surface area contributed by atoms with Crippen LogP contribution < -0.4 is 5.32 Å². The highest BCUT2D eigenvalue weighted by Gasteiger charge is 2.06. The van der Waals surface area contributed by atoms with Crippen molar-refractivity contribution in [3.8, 4) is 6.07 Å². The molecule has 0 amide bonds. The molecular weight excluding hydrogens is 146 g/mol. The van der Waals surface area contributed by atoms with Gasteiger partial charge in [0, 0.05) is 11.9 Å². The zero-order valence-corrected chi connectivity index (χ0v) is 6.62. The van der Waals surface area contributed by atoms with E-state index in [1.807, 2.05) is 6.92 Å². The van der Waals surface area contributed by atoms with Crippen molar-refractivity contribution in [1.82, 2.24) is 4.37 Å². The van der Waals surface area contributed by atoms with Gasteiger partial charge in [0.25, 0.3) is 0 Å². The molecule has 0 aliphatic rings. The summed E-state index contributed by atoms with van der Waals surface area (Å²) in [6.07, 6.45) is 0. The van der Waals surface area contributed by atoms with Crippen molar-refractivity contribution in [3.05, 3.63) is 10.4 Å². The van der Waals surface area contributed by atoms with Gasteiger partial charge in [-0.15, -0.1) is 0 Å². The molecule has 10 heavy (non-hydrogen) atoms. The van der Waals surface area contributed by atoms with Crippen molar-refractivity contribution < 1.29 is 0 Å². The van der Waals surface area contributed by atoms with Gasteiger partial charge < -0.3 is 5.32 Å². The molecule has 1 rings (SSSR count). The Kier molecular flexibility index (Phi) is 1.88. The third kappa shape index (κ3) is 0.957. The predicted molar refractivity (Wildman–Crippen MR) is 41.1 cm³/mol. The Balaban J connectivity index is 3.17. The zero-order valence-electron chi connectivity index (χ0n) is 5.80. The van der Waals surface area contributed by atoms with E-state index >= 15 is 0 Å². The molecule has 1 heterocycles. The van der Waals surface area contributed by atoms with Gasteiger partial charge in [-0.05, 0) is 18.5 Å². The molecule has 0 aliphatic heterocycles. The van der Waals surface area contributed by atoms with Crippen LogP contribution in [-0.4, -0.2) is 11.4 Å². The summed E-state index contributed by atoms with van der Waals surface area (Å²) in [5, 5.41) is 11.4. The van der Waals surface area contributed by atoms with Crippen molar-refractivity contribution in [2.24, 2.45) is 0 Å². The Morgan fingerprint density at radius 3 is 2.80 bits per heavy atom.